The first-order valence-electron chi connectivity index (χ1n) is 4.56. The average molecular weight is 166 g/mol. The highest BCUT2D eigenvalue weighted by Gasteiger charge is 1.94. The lowest BCUT2D eigenvalue weighted by Gasteiger charge is -2.02. The van der Waals surface area contributed by atoms with E-state index in [0.29, 0.717) is 5.92 Å². The Labute approximate surface area is 75.2 Å². The van der Waals surface area contributed by atoms with E-state index in [0.717, 1.165) is 25.5 Å². The molecule has 0 saturated carbocycles. The first-order valence-corrected chi connectivity index (χ1v) is 4.56. The van der Waals surface area contributed by atoms with Gasteiger partial charge in [-0.05, 0) is 31.3 Å². The van der Waals surface area contributed by atoms with Crippen molar-refractivity contribution >= 4 is 6.29 Å². The van der Waals surface area contributed by atoms with Gasteiger partial charge in [-0.2, -0.15) is 0 Å². The quantitative estimate of drug-likeness (QED) is 0.336. The van der Waals surface area contributed by atoms with Crippen molar-refractivity contribution in [1.82, 2.24) is 0 Å². The number of allylic oxidation sites excluding steroid dienone is 4. The van der Waals surface area contributed by atoms with Gasteiger partial charge in [-0.3, -0.25) is 4.79 Å². The third-order valence-electron chi connectivity index (χ3n) is 1.69. The van der Waals surface area contributed by atoms with Gasteiger partial charge in [0.1, 0.15) is 6.29 Å². The number of hydrogen-bond acceptors (Lipinski definition) is 1. The Morgan fingerprint density at radius 2 is 1.83 bits per heavy atom. The van der Waals surface area contributed by atoms with Crippen LogP contribution in [0.15, 0.2) is 24.3 Å². The van der Waals surface area contributed by atoms with Crippen LogP contribution >= 0.6 is 0 Å². The summed E-state index contributed by atoms with van der Waals surface area (Å²) in [6, 6.07) is 0. The van der Waals surface area contributed by atoms with Crippen molar-refractivity contribution in [2.75, 3.05) is 0 Å². The van der Waals surface area contributed by atoms with Crippen LogP contribution in [0.3, 0.4) is 0 Å². The van der Waals surface area contributed by atoms with E-state index >= 15 is 0 Å². The lowest BCUT2D eigenvalue weighted by molar-refractivity contribution is -0.104. The molecule has 0 aromatic carbocycles. The SMILES string of the molecule is CCC=CCC(C)CC=CC=O. The van der Waals surface area contributed by atoms with Crippen LogP contribution in [0.4, 0.5) is 0 Å². The molecule has 0 rings (SSSR count). The highest BCUT2D eigenvalue weighted by molar-refractivity contribution is 5.64. The molecule has 0 aliphatic heterocycles. The van der Waals surface area contributed by atoms with Crippen LogP contribution in [0.25, 0.3) is 0 Å². The highest BCUT2D eigenvalue weighted by Crippen LogP contribution is 2.08. The van der Waals surface area contributed by atoms with Crippen molar-refractivity contribution in [3.05, 3.63) is 24.3 Å². The lowest BCUT2D eigenvalue weighted by Crippen LogP contribution is -1.89. The van der Waals surface area contributed by atoms with Crippen LogP contribution in [0, 0.1) is 5.92 Å². The number of hydrogen-bond donors (Lipinski definition) is 0. The van der Waals surface area contributed by atoms with Gasteiger partial charge in [0, 0.05) is 0 Å². The Morgan fingerprint density at radius 3 is 2.42 bits per heavy atom. The Kier molecular flexibility index (Phi) is 7.66. The smallest absolute Gasteiger partial charge is 0.142 e. The molecule has 12 heavy (non-hydrogen) atoms. The summed E-state index contributed by atoms with van der Waals surface area (Å²) < 4.78 is 0. The van der Waals surface area contributed by atoms with Gasteiger partial charge in [0.25, 0.3) is 0 Å². The van der Waals surface area contributed by atoms with Crippen molar-refractivity contribution < 1.29 is 4.79 Å². The van der Waals surface area contributed by atoms with Crippen LogP contribution in [0.5, 0.6) is 0 Å². The fraction of sp³-hybridized carbons (Fsp3) is 0.545. The van der Waals surface area contributed by atoms with Crippen LogP contribution in [0.2, 0.25) is 0 Å². The number of rotatable bonds is 6. The molecule has 0 amide bonds. The predicted molar refractivity (Wildman–Crippen MR) is 53.0 cm³/mol. The summed E-state index contributed by atoms with van der Waals surface area (Å²) in [6.07, 6.45) is 11.9. The maximum atomic E-state index is 9.95. The summed E-state index contributed by atoms with van der Waals surface area (Å²) in [5.74, 6) is 0.643. The zero-order valence-electron chi connectivity index (χ0n) is 7.99. The Balaban J connectivity index is 3.45. The van der Waals surface area contributed by atoms with E-state index in [4.69, 9.17) is 0 Å². The van der Waals surface area contributed by atoms with E-state index in [9.17, 15) is 4.79 Å². The Hall–Kier alpha value is -0.850. The fourth-order valence-corrected chi connectivity index (χ4v) is 0.958. The predicted octanol–water partition coefficient (Wildman–Crippen LogP) is 3.12. The molecule has 1 heteroatoms. The first kappa shape index (κ1) is 11.2. The number of carbonyl (C=O) groups is 1. The van der Waals surface area contributed by atoms with E-state index < -0.39 is 0 Å². The first-order chi connectivity index (χ1) is 5.81. The topological polar surface area (TPSA) is 17.1 Å². The van der Waals surface area contributed by atoms with Crippen LogP contribution in [-0.2, 0) is 4.79 Å². The monoisotopic (exact) mass is 166 g/mol. The molecule has 0 spiro atoms. The zero-order valence-corrected chi connectivity index (χ0v) is 7.99. The standard InChI is InChI=1S/C11H18O/c1-3-4-5-8-11(2)9-6-7-10-12/h4-7,10-11H,3,8-9H2,1-2H3. The molecule has 1 unspecified atom stereocenters. The maximum absolute atomic E-state index is 9.95. The molecule has 0 bridgehead atoms. The molecular formula is C11H18O. The molecule has 0 aliphatic rings. The summed E-state index contributed by atoms with van der Waals surface area (Å²) in [4.78, 5) is 9.95. The summed E-state index contributed by atoms with van der Waals surface area (Å²) in [5.41, 5.74) is 0. The third kappa shape index (κ3) is 7.26. The highest BCUT2D eigenvalue weighted by atomic mass is 16.1. The third-order valence-corrected chi connectivity index (χ3v) is 1.69. The van der Waals surface area contributed by atoms with Crippen molar-refractivity contribution in [2.24, 2.45) is 5.92 Å². The number of carbonyl (C=O) groups excluding carboxylic acids is 1. The van der Waals surface area contributed by atoms with E-state index in [1.165, 1.54) is 0 Å². The second-order valence-electron chi connectivity index (χ2n) is 3.02. The average Bonchev–Trinajstić information content (AvgIpc) is 2.06. The van der Waals surface area contributed by atoms with Gasteiger partial charge in [-0.15, -0.1) is 0 Å². The van der Waals surface area contributed by atoms with E-state index in [-0.39, 0.29) is 0 Å². The number of aldehydes is 1. The molecule has 0 N–H and O–H groups in total. The van der Waals surface area contributed by atoms with Gasteiger partial charge in [0.2, 0.25) is 0 Å². The summed E-state index contributed by atoms with van der Waals surface area (Å²) >= 11 is 0. The summed E-state index contributed by atoms with van der Waals surface area (Å²) in [5, 5.41) is 0. The Bertz CT molecular complexity index is 156. The van der Waals surface area contributed by atoms with Crippen molar-refractivity contribution in [1.29, 1.82) is 0 Å². The molecule has 0 radical (unpaired) electrons. The zero-order chi connectivity index (χ0) is 9.23. The van der Waals surface area contributed by atoms with Crippen LogP contribution in [-0.4, -0.2) is 6.29 Å². The molecule has 0 saturated heterocycles. The minimum atomic E-state index is 0.643. The second kappa shape index (κ2) is 8.25. The van der Waals surface area contributed by atoms with E-state index in [1.807, 2.05) is 6.08 Å². The lowest BCUT2D eigenvalue weighted by atomic mass is 10.0. The van der Waals surface area contributed by atoms with Crippen molar-refractivity contribution in [3.8, 4) is 0 Å². The van der Waals surface area contributed by atoms with Gasteiger partial charge >= 0.3 is 0 Å². The largest absolute Gasteiger partial charge is 0.299 e. The normalized spacial score (nSPS) is 14.2. The molecular weight excluding hydrogens is 148 g/mol. The Morgan fingerprint density at radius 1 is 1.17 bits per heavy atom. The van der Waals surface area contributed by atoms with Crippen molar-refractivity contribution in [3.63, 3.8) is 0 Å². The van der Waals surface area contributed by atoms with Crippen LogP contribution < -0.4 is 0 Å². The van der Waals surface area contributed by atoms with E-state index in [1.54, 1.807) is 6.08 Å². The van der Waals surface area contributed by atoms with Gasteiger partial charge in [-0.25, -0.2) is 0 Å². The van der Waals surface area contributed by atoms with Gasteiger partial charge < -0.3 is 0 Å². The summed E-state index contributed by atoms with van der Waals surface area (Å²) in [7, 11) is 0. The van der Waals surface area contributed by atoms with E-state index in [2.05, 4.69) is 26.0 Å². The van der Waals surface area contributed by atoms with Crippen molar-refractivity contribution in [2.45, 2.75) is 33.1 Å². The molecule has 0 heterocycles. The molecule has 68 valence electrons. The fourth-order valence-electron chi connectivity index (χ4n) is 0.958. The second-order valence-corrected chi connectivity index (χ2v) is 3.02. The van der Waals surface area contributed by atoms with Gasteiger partial charge in [0.05, 0.1) is 0 Å². The molecule has 0 aliphatic carbocycles. The molecule has 0 aromatic heterocycles. The minimum Gasteiger partial charge on any atom is -0.299 e. The minimum absolute atomic E-state index is 0.643. The van der Waals surface area contributed by atoms with Crippen LogP contribution in [0.1, 0.15) is 33.1 Å². The molecule has 0 fully saturated rings. The van der Waals surface area contributed by atoms with Gasteiger partial charge in [-0.1, -0.05) is 32.1 Å². The molecule has 1 atom stereocenters. The molecule has 0 aromatic rings. The van der Waals surface area contributed by atoms with Gasteiger partial charge in [0.15, 0.2) is 0 Å². The summed E-state index contributed by atoms with van der Waals surface area (Å²) in [6.45, 7) is 4.32. The maximum Gasteiger partial charge on any atom is 0.142 e. The molecule has 1 nitrogen and oxygen atoms in total.